The molecule has 0 saturated heterocycles. The molecule has 0 fully saturated rings. The first-order chi connectivity index (χ1) is 11.1. The summed E-state index contributed by atoms with van der Waals surface area (Å²) in [6.07, 6.45) is 10.2. The van der Waals surface area contributed by atoms with Gasteiger partial charge in [-0.25, -0.2) is 0 Å². The van der Waals surface area contributed by atoms with Gasteiger partial charge in [0.15, 0.2) is 11.5 Å². The van der Waals surface area contributed by atoms with Crippen molar-refractivity contribution in [2.45, 2.75) is 70.6 Å². The summed E-state index contributed by atoms with van der Waals surface area (Å²) in [4.78, 5) is 11.5. The fraction of sp³-hybridized carbons (Fsp3) is 0.632. The smallest absolute Gasteiger partial charge is 0.310 e. The normalized spacial score (nSPS) is 12.1. The fourth-order valence-corrected chi connectivity index (χ4v) is 2.83. The van der Waals surface area contributed by atoms with E-state index in [0.29, 0.717) is 17.7 Å². The lowest BCUT2D eigenvalue weighted by Gasteiger charge is -2.14. The van der Waals surface area contributed by atoms with E-state index in [2.05, 4.69) is 6.92 Å². The Morgan fingerprint density at radius 2 is 1.70 bits per heavy atom. The van der Waals surface area contributed by atoms with Crippen molar-refractivity contribution >= 4 is 5.97 Å². The average molecular weight is 322 g/mol. The SMILES string of the molecule is CCCCCCCCCCC(C(=O)O)c1ccc(O)c(OC)c1. The van der Waals surface area contributed by atoms with Gasteiger partial charge in [-0.3, -0.25) is 4.79 Å². The van der Waals surface area contributed by atoms with Gasteiger partial charge in [0.2, 0.25) is 0 Å². The minimum atomic E-state index is -0.819. The standard InChI is InChI=1S/C19H30O4/c1-3-4-5-6-7-8-9-10-11-16(19(21)22)15-12-13-17(20)18(14-15)23-2/h12-14,16,20H,3-11H2,1-2H3,(H,21,22). The van der Waals surface area contributed by atoms with E-state index < -0.39 is 11.9 Å². The Morgan fingerprint density at radius 3 is 2.26 bits per heavy atom. The maximum Gasteiger partial charge on any atom is 0.310 e. The van der Waals surface area contributed by atoms with Crippen LogP contribution in [0.3, 0.4) is 0 Å². The largest absolute Gasteiger partial charge is 0.504 e. The first kappa shape index (κ1) is 19.3. The molecule has 2 N–H and O–H groups in total. The van der Waals surface area contributed by atoms with E-state index in [-0.39, 0.29) is 5.75 Å². The molecule has 1 unspecified atom stereocenters. The maximum absolute atomic E-state index is 11.5. The molecule has 1 rings (SSSR count). The second kappa shape index (κ2) is 10.9. The summed E-state index contributed by atoms with van der Waals surface area (Å²) in [6, 6.07) is 4.79. The summed E-state index contributed by atoms with van der Waals surface area (Å²) >= 11 is 0. The van der Waals surface area contributed by atoms with E-state index in [1.54, 1.807) is 12.1 Å². The van der Waals surface area contributed by atoms with Gasteiger partial charge in [0.05, 0.1) is 13.0 Å². The molecule has 0 radical (unpaired) electrons. The van der Waals surface area contributed by atoms with Gasteiger partial charge in [0.1, 0.15) is 0 Å². The van der Waals surface area contributed by atoms with E-state index in [9.17, 15) is 15.0 Å². The molecule has 130 valence electrons. The van der Waals surface area contributed by atoms with Crippen molar-refractivity contribution in [1.82, 2.24) is 0 Å². The van der Waals surface area contributed by atoms with Crippen LogP contribution in [-0.2, 0) is 4.79 Å². The number of methoxy groups -OCH3 is 1. The lowest BCUT2D eigenvalue weighted by atomic mass is 9.92. The number of hydrogen-bond acceptors (Lipinski definition) is 3. The number of ether oxygens (including phenoxy) is 1. The maximum atomic E-state index is 11.5. The summed E-state index contributed by atoms with van der Waals surface area (Å²) in [5, 5.41) is 19.1. The second-order valence-electron chi connectivity index (χ2n) is 6.09. The van der Waals surface area contributed by atoms with Crippen LogP contribution in [0, 0.1) is 0 Å². The Bertz CT molecular complexity index is 470. The number of unbranched alkanes of at least 4 members (excludes halogenated alkanes) is 7. The molecule has 4 nitrogen and oxygen atoms in total. The number of aromatic hydroxyl groups is 1. The highest BCUT2D eigenvalue weighted by atomic mass is 16.5. The number of phenolic OH excluding ortho intramolecular Hbond substituents is 1. The predicted octanol–water partition coefficient (Wildman–Crippen LogP) is 5.10. The van der Waals surface area contributed by atoms with Crippen LogP contribution >= 0.6 is 0 Å². The van der Waals surface area contributed by atoms with E-state index >= 15 is 0 Å². The number of carboxylic acid groups (broad SMARTS) is 1. The first-order valence-corrected chi connectivity index (χ1v) is 8.69. The summed E-state index contributed by atoms with van der Waals surface area (Å²) in [7, 11) is 1.47. The quantitative estimate of drug-likeness (QED) is 0.525. The van der Waals surface area contributed by atoms with Crippen LogP contribution < -0.4 is 4.74 Å². The van der Waals surface area contributed by atoms with Gasteiger partial charge >= 0.3 is 5.97 Å². The molecule has 23 heavy (non-hydrogen) atoms. The molecule has 0 bridgehead atoms. The Balaban J connectivity index is 2.43. The van der Waals surface area contributed by atoms with Gasteiger partial charge < -0.3 is 14.9 Å². The van der Waals surface area contributed by atoms with Crippen molar-refractivity contribution in [3.63, 3.8) is 0 Å². The molecule has 0 heterocycles. The first-order valence-electron chi connectivity index (χ1n) is 8.69. The van der Waals surface area contributed by atoms with E-state index in [4.69, 9.17) is 4.74 Å². The highest BCUT2D eigenvalue weighted by molar-refractivity contribution is 5.76. The third kappa shape index (κ3) is 6.93. The van der Waals surface area contributed by atoms with Crippen LogP contribution in [-0.4, -0.2) is 23.3 Å². The number of aliphatic carboxylic acids is 1. The van der Waals surface area contributed by atoms with Crippen molar-refractivity contribution in [3.8, 4) is 11.5 Å². The Hall–Kier alpha value is -1.71. The zero-order valence-electron chi connectivity index (χ0n) is 14.4. The molecule has 0 aliphatic heterocycles. The van der Waals surface area contributed by atoms with Gasteiger partial charge in [-0.05, 0) is 24.1 Å². The Morgan fingerprint density at radius 1 is 1.09 bits per heavy atom. The third-order valence-corrected chi connectivity index (χ3v) is 4.25. The van der Waals surface area contributed by atoms with Crippen LogP contribution in [0.1, 0.15) is 76.2 Å². The molecule has 0 saturated carbocycles. The highest BCUT2D eigenvalue weighted by Gasteiger charge is 2.20. The topological polar surface area (TPSA) is 66.8 Å². The van der Waals surface area contributed by atoms with Crippen LogP contribution in [0.5, 0.6) is 11.5 Å². The van der Waals surface area contributed by atoms with E-state index in [1.165, 1.54) is 51.7 Å². The van der Waals surface area contributed by atoms with Crippen LogP contribution in [0.2, 0.25) is 0 Å². The lowest BCUT2D eigenvalue weighted by molar-refractivity contribution is -0.139. The van der Waals surface area contributed by atoms with Gasteiger partial charge in [-0.1, -0.05) is 64.4 Å². The van der Waals surface area contributed by atoms with Gasteiger partial charge in [-0.2, -0.15) is 0 Å². The molecular formula is C19H30O4. The van der Waals surface area contributed by atoms with Gasteiger partial charge in [-0.15, -0.1) is 0 Å². The number of rotatable bonds is 12. The number of hydrogen-bond donors (Lipinski definition) is 2. The summed E-state index contributed by atoms with van der Waals surface area (Å²) in [5.74, 6) is -0.998. The molecular weight excluding hydrogens is 292 g/mol. The number of phenols is 1. The molecule has 4 heteroatoms. The van der Waals surface area contributed by atoms with Crippen molar-refractivity contribution in [2.24, 2.45) is 0 Å². The number of benzene rings is 1. The summed E-state index contributed by atoms with van der Waals surface area (Å²) in [6.45, 7) is 2.21. The molecule has 0 aliphatic rings. The van der Waals surface area contributed by atoms with Crippen LogP contribution in [0.25, 0.3) is 0 Å². The summed E-state index contributed by atoms with van der Waals surface area (Å²) in [5.41, 5.74) is 0.690. The summed E-state index contributed by atoms with van der Waals surface area (Å²) < 4.78 is 5.06. The van der Waals surface area contributed by atoms with E-state index in [1.807, 2.05) is 0 Å². The second-order valence-corrected chi connectivity index (χ2v) is 6.09. The number of carbonyl (C=O) groups is 1. The molecule has 1 atom stereocenters. The molecule has 0 aromatic heterocycles. The minimum Gasteiger partial charge on any atom is -0.504 e. The van der Waals surface area contributed by atoms with Crippen LogP contribution in [0.15, 0.2) is 18.2 Å². The van der Waals surface area contributed by atoms with Crippen molar-refractivity contribution < 1.29 is 19.7 Å². The molecule has 1 aromatic carbocycles. The third-order valence-electron chi connectivity index (χ3n) is 4.25. The van der Waals surface area contributed by atoms with Crippen molar-refractivity contribution in [1.29, 1.82) is 0 Å². The molecule has 1 aromatic rings. The zero-order valence-corrected chi connectivity index (χ0v) is 14.4. The molecule has 0 aliphatic carbocycles. The zero-order chi connectivity index (χ0) is 17.1. The van der Waals surface area contributed by atoms with Crippen molar-refractivity contribution in [2.75, 3.05) is 7.11 Å². The highest BCUT2D eigenvalue weighted by Crippen LogP contribution is 2.32. The van der Waals surface area contributed by atoms with Gasteiger partial charge in [0, 0.05) is 0 Å². The Kier molecular flexibility index (Phi) is 9.18. The molecule has 0 spiro atoms. The minimum absolute atomic E-state index is 0.0347. The fourth-order valence-electron chi connectivity index (χ4n) is 2.83. The predicted molar refractivity (Wildman–Crippen MR) is 92.3 cm³/mol. The lowest BCUT2D eigenvalue weighted by Crippen LogP contribution is -2.11. The van der Waals surface area contributed by atoms with Gasteiger partial charge in [0.25, 0.3) is 0 Å². The number of carboxylic acids is 1. The van der Waals surface area contributed by atoms with Crippen LogP contribution in [0.4, 0.5) is 0 Å². The van der Waals surface area contributed by atoms with Crippen molar-refractivity contribution in [3.05, 3.63) is 23.8 Å². The average Bonchev–Trinajstić information content (AvgIpc) is 2.54. The van der Waals surface area contributed by atoms with E-state index in [0.717, 1.165) is 12.8 Å². The molecule has 0 amide bonds. The monoisotopic (exact) mass is 322 g/mol. The Labute approximate surface area is 139 Å².